The van der Waals surface area contributed by atoms with E-state index >= 15 is 0 Å². The predicted molar refractivity (Wildman–Crippen MR) is 238 cm³/mol. The second-order valence-electron chi connectivity index (χ2n) is 13.4. The molecule has 0 saturated carbocycles. The number of carboxylic acids is 3. The molecule has 0 spiro atoms. The molecule has 3 aromatic carbocycles. The molecule has 18 nitrogen and oxygen atoms in total. The zero-order valence-corrected chi connectivity index (χ0v) is 38.3. The summed E-state index contributed by atoms with van der Waals surface area (Å²) in [5.41, 5.74) is 4.78. The van der Waals surface area contributed by atoms with E-state index in [-0.39, 0.29) is 83.5 Å². The van der Waals surface area contributed by atoms with Gasteiger partial charge in [-0.25, -0.2) is 29.3 Å². The van der Waals surface area contributed by atoms with Crippen LogP contribution in [0.25, 0.3) is 33.4 Å². The number of carbonyl (C=O) groups excluding carboxylic acids is 3. The number of carbonyl (C=O) groups is 6. The van der Waals surface area contributed by atoms with Crippen LogP contribution in [-0.4, -0.2) is 85.5 Å². The second-order valence-corrected chi connectivity index (χ2v) is 13.4. The number of aromatic nitrogens is 3. The van der Waals surface area contributed by atoms with E-state index in [1.54, 1.807) is 93.6 Å². The number of hydrogen-bond donors (Lipinski definition) is 6. The Morgan fingerprint density at radius 3 is 0.791 bits per heavy atom. The van der Waals surface area contributed by atoms with E-state index < -0.39 is 35.6 Å². The van der Waals surface area contributed by atoms with Crippen molar-refractivity contribution in [3.05, 3.63) is 160 Å². The maximum atomic E-state index is 11.9. The molecule has 337 valence electrons. The summed E-state index contributed by atoms with van der Waals surface area (Å²) in [6.07, 6.45) is 0. The molecular formula is C48H39EuN9O9. The third-order valence-electron chi connectivity index (χ3n) is 8.89. The summed E-state index contributed by atoms with van der Waals surface area (Å²) in [7, 11) is 0. The molecule has 1 radical (unpaired) electrons. The SMILES string of the molecule is CCNC(=O)c1cc(-c2ccc(C#N)cc2)cc(C(=O)O)n1.CCNC(=O)c1cc(-c2ccc(C#N)cc2)cc(C(=O)O)n1.CCNC(=O)c1cc(-c2ccc(C#N)cc2)cc(C(=O)O)n1.[Eu]. The van der Waals surface area contributed by atoms with Gasteiger partial charge in [-0.2, -0.15) is 15.8 Å². The van der Waals surface area contributed by atoms with Crippen LogP contribution >= 0.6 is 0 Å². The van der Waals surface area contributed by atoms with Crippen LogP contribution in [0.5, 0.6) is 0 Å². The van der Waals surface area contributed by atoms with Crippen molar-refractivity contribution in [3.63, 3.8) is 0 Å². The van der Waals surface area contributed by atoms with Crippen molar-refractivity contribution in [3.8, 4) is 51.6 Å². The van der Waals surface area contributed by atoms with Gasteiger partial charge < -0.3 is 31.3 Å². The number of pyridine rings is 3. The molecule has 6 aromatic rings. The zero-order chi connectivity index (χ0) is 48.3. The Morgan fingerprint density at radius 1 is 0.403 bits per heavy atom. The predicted octanol–water partition coefficient (Wildman–Crippen LogP) is 6.20. The van der Waals surface area contributed by atoms with Crippen molar-refractivity contribution < 1.29 is 93.5 Å². The minimum absolute atomic E-state index is 0. The van der Waals surface area contributed by atoms with Crippen LogP contribution in [0.2, 0.25) is 0 Å². The molecule has 6 N–H and O–H groups in total. The number of aromatic carboxylic acids is 3. The molecule has 0 atom stereocenters. The Bertz CT molecular complexity index is 2610. The van der Waals surface area contributed by atoms with Crippen LogP contribution in [0.15, 0.2) is 109 Å². The third kappa shape index (κ3) is 15.3. The van der Waals surface area contributed by atoms with Gasteiger partial charge in [-0.3, -0.25) is 14.4 Å². The van der Waals surface area contributed by atoms with Crippen LogP contribution in [-0.2, 0) is 0 Å². The zero-order valence-electron chi connectivity index (χ0n) is 35.9. The molecule has 0 fully saturated rings. The largest absolute Gasteiger partial charge is 0.477 e. The van der Waals surface area contributed by atoms with Gasteiger partial charge in [0, 0.05) is 69.0 Å². The fraction of sp³-hybridized carbons (Fsp3) is 0.125. The topological polar surface area (TPSA) is 309 Å². The van der Waals surface area contributed by atoms with Crippen molar-refractivity contribution in [2.75, 3.05) is 19.6 Å². The molecule has 3 amide bonds. The molecule has 0 bridgehead atoms. The first-order chi connectivity index (χ1) is 31.6. The number of rotatable bonds is 12. The summed E-state index contributed by atoms with van der Waals surface area (Å²) in [5.74, 6) is -4.91. The summed E-state index contributed by atoms with van der Waals surface area (Å²) in [6, 6.07) is 34.7. The Hall–Kier alpha value is -8.02. The van der Waals surface area contributed by atoms with Crippen LogP contribution in [0.3, 0.4) is 0 Å². The first kappa shape index (κ1) is 53.3. The first-order valence-corrected chi connectivity index (χ1v) is 19.8. The van der Waals surface area contributed by atoms with E-state index in [9.17, 15) is 28.8 Å². The van der Waals surface area contributed by atoms with Gasteiger partial charge in [-0.05, 0) is 127 Å². The van der Waals surface area contributed by atoms with E-state index in [1.807, 2.05) is 18.2 Å². The minimum Gasteiger partial charge on any atom is -0.477 e. The van der Waals surface area contributed by atoms with Gasteiger partial charge in [0.25, 0.3) is 17.7 Å². The smallest absolute Gasteiger partial charge is 0.354 e. The first-order valence-electron chi connectivity index (χ1n) is 19.8. The normalized spacial score (nSPS) is 9.67. The molecule has 67 heavy (non-hydrogen) atoms. The number of nitrogens with zero attached hydrogens (tertiary/aromatic N) is 6. The van der Waals surface area contributed by atoms with Gasteiger partial charge in [0.15, 0.2) is 0 Å². The van der Waals surface area contributed by atoms with Crippen molar-refractivity contribution in [2.24, 2.45) is 0 Å². The maximum Gasteiger partial charge on any atom is 0.354 e. The second kappa shape index (κ2) is 26.1. The van der Waals surface area contributed by atoms with Crippen molar-refractivity contribution >= 4 is 35.6 Å². The van der Waals surface area contributed by atoms with Crippen molar-refractivity contribution in [1.29, 1.82) is 15.8 Å². The van der Waals surface area contributed by atoms with Crippen molar-refractivity contribution in [2.45, 2.75) is 20.8 Å². The molecule has 0 unspecified atom stereocenters. The standard InChI is InChI=1S/3C16H13N3O3.Eu/c3*1-2-18-15(20)13-7-12(8-14(19-13)16(21)22)11-5-3-10(9-17)4-6-11;/h3*3-8H,2H2,1H3,(H,18,20)(H,21,22);. The van der Waals surface area contributed by atoms with Gasteiger partial charge in [-0.15, -0.1) is 0 Å². The Kier molecular flexibility index (Phi) is 20.7. The fourth-order valence-corrected chi connectivity index (χ4v) is 5.73. The van der Waals surface area contributed by atoms with E-state index in [4.69, 9.17) is 31.1 Å². The number of amides is 3. The number of carboxylic acid groups (broad SMARTS) is 3. The maximum absolute atomic E-state index is 11.9. The number of nitrogens with one attached hydrogen (secondary N) is 3. The van der Waals surface area contributed by atoms with Gasteiger partial charge in [-0.1, -0.05) is 36.4 Å². The van der Waals surface area contributed by atoms with Crippen LogP contribution in [0, 0.1) is 83.4 Å². The molecule has 0 aliphatic rings. The fourth-order valence-electron chi connectivity index (χ4n) is 5.73. The van der Waals surface area contributed by atoms with Crippen molar-refractivity contribution in [1.82, 2.24) is 30.9 Å². The molecule has 0 aliphatic carbocycles. The van der Waals surface area contributed by atoms with Gasteiger partial charge in [0.2, 0.25) is 0 Å². The summed E-state index contributed by atoms with van der Waals surface area (Å²) in [5, 5.41) is 61.6. The van der Waals surface area contributed by atoms with E-state index in [0.29, 0.717) is 69.7 Å². The van der Waals surface area contributed by atoms with Gasteiger partial charge in [0.05, 0.1) is 34.9 Å². The molecular weight excluding hydrogens is 999 g/mol. The number of benzene rings is 3. The van der Waals surface area contributed by atoms with E-state index in [1.165, 1.54) is 36.4 Å². The Balaban J connectivity index is 0.000000264. The molecule has 3 heterocycles. The quantitative estimate of drug-likeness (QED) is 0.0794. The Morgan fingerprint density at radius 2 is 0.612 bits per heavy atom. The summed E-state index contributed by atoms with van der Waals surface area (Å²) in [4.78, 5) is 80.8. The summed E-state index contributed by atoms with van der Waals surface area (Å²) >= 11 is 0. The van der Waals surface area contributed by atoms with Crippen LogP contribution in [0.1, 0.15) is 100 Å². The van der Waals surface area contributed by atoms with E-state index in [0.717, 1.165) is 0 Å². The number of hydrogen-bond acceptors (Lipinski definition) is 12. The summed E-state index contributed by atoms with van der Waals surface area (Å²) in [6.45, 7) is 6.56. The molecule has 19 heteroatoms. The van der Waals surface area contributed by atoms with Crippen LogP contribution in [0.4, 0.5) is 0 Å². The minimum atomic E-state index is -1.21. The summed E-state index contributed by atoms with van der Waals surface area (Å²) < 4.78 is 0. The van der Waals surface area contributed by atoms with E-state index in [2.05, 4.69) is 30.9 Å². The van der Waals surface area contributed by atoms with Gasteiger partial charge in [0.1, 0.15) is 34.2 Å². The molecule has 6 rings (SSSR count). The molecule has 0 saturated heterocycles. The monoisotopic (exact) mass is 1040 g/mol. The third-order valence-corrected chi connectivity index (χ3v) is 8.89. The average Bonchev–Trinajstić information content (AvgIpc) is 3.34. The van der Waals surface area contributed by atoms with Crippen LogP contribution < -0.4 is 16.0 Å². The average molecular weight is 1040 g/mol. The number of nitriles is 3. The Labute approximate surface area is 424 Å². The molecule has 3 aromatic heterocycles. The van der Waals surface area contributed by atoms with Gasteiger partial charge >= 0.3 is 17.9 Å². The molecule has 0 aliphatic heterocycles.